The number of benzene rings is 2. The molecule has 2 aromatic carbocycles. The molecule has 0 saturated heterocycles. The van der Waals surface area contributed by atoms with Crippen LogP contribution in [0.3, 0.4) is 0 Å². The summed E-state index contributed by atoms with van der Waals surface area (Å²) in [5.74, 6) is 0. The van der Waals surface area contributed by atoms with Crippen molar-refractivity contribution in [3.05, 3.63) is 73.1 Å². The van der Waals surface area contributed by atoms with Crippen LogP contribution in [0.5, 0.6) is 0 Å². The Morgan fingerprint density at radius 3 is 1.48 bits per heavy atom. The summed E-state index contributed by atoms with van der Waals surface area (Å²) in [5.41, 5.74) is 16.3. The van der Waals surface area contributed by atoms with Gasteiger partial charge in [-0.25, -0.2) is 0 Å². The average Bonchev–Trinajstić information content (AvgIpc) is 2.71. The van der Waals surface area contributed by atoms with Gasteiger partial charge in [0.1, 0.15) is 13.1 Å². The number of hydrogen-bond acceptors (Lipinski definition) is 2. The molecule has 4 N–H and O–H groups in total. The van der Waals surface area contributed by atoms with Gasteiger partial charge in [-0.05, 0) is 18.6 Å². The fourth-order valence-corrected chi connectivity index (χ4v) is 3.75. The molecule has 0 amide bonds. The highest BCUT2D eigenvalue weighted by Gasteiger charge is 2.12. The molecule has 4 aromatic rings. The van der Waals surface area contributed by atoms with Crippen LogP contribution in [0.4, 0.5) is 11.4 Å². The second kappa shape index (κ2) is 7.62. The minimum absolute atomic E-state index is 0.841. The Morgan fingerprint density at radius 1 is 0.556 bits per heavy atom. The van der Waals surface area contributed by atoms with Crippen LogP contribution in [0.1, 0.15) is 19.3 Å². The van der Waals surface area contributed by atoms with Crippen molar-refractivity contribution >= 4 is 33.2 Å². The number of pyridine rings is 2. The van der Waals surface area contributed by atoms with E-state index in [2.05, 4.69) is 57.9 Å². The third kappa shape index (κ3) is 3.56. The Labute approximate surface area is 159 Å². The number of unbranched alkanes of at least 4 members (excludes halogenated alkanes) is 2. The second-order valence-corrected chi connectivity index (χ2v) is 7.02. The lowest BCUT2D eigenvalue weighted by molar-refractivity contribution is -0.675. The quantitative estimate of drug-likeness (QED) is 0.409. The van der Waals surface area contributed by atoms with E-state index in [1.807, 2.05) is 24.3 Å². The molecule has 0 aliphatic carbocycles. The van der Waals surface area contributed by atoms with Gasteiger partial charge in [-0.2, -0.15) is 9.13 Å². The lowest BCUT2D eigenvalue weighted by atomic mass is 10.1. The summed E-state index contributed by atoms with van der Waals surface area (Å²) in [6, 6.07) is 20.7. The number of nitrogen functional groups attached to an aromatic ring is 2. The van der Waals surface area contributed by atoms with Crippen molar-refractivity contribution in [1.82, 2.24) is 0 Å². The third-order valence-corrected chi connectivity index (χ3v) is 5.22. The number of aromatic nitrogens is 2. The number of nitrogens with zero attached hydrogens (tertiary/aromatic N) is 2. The van der Waals surface area contributed by atoms with Crippen molar-refractivity contribution in [3.63, 3.8) is 0 Å². The van der Waals surface area contributed by atoms with Crippen LogP contribution in [0.15, 0.2) is 73.1 Å². The molecule has 0 radical (unpaired) electrons. The number of rotatable bonds is 6. The lowest BCUT2D eigenvalue weighted by Crippen LogP contribution is -2.35. The maximum Gasteiger partial charge on any atom is 0.214 e. The second-order valence-electron chi connectivity index (χ2n) is 7.02. The monoisotopic (exact) mass is 358 g/mol. The minimum atomic E-state index is 0.841. The van der Waals surface area contributed by atoms with Crippen molar-refractivity contribution < 1.29 is 9.13 Å². The molecule has 0 atom stereocenters. The van der Waals surface area contributed by atoms with E-state index in [9.17, 15) is 0 Å². The van der Waals surface area contributed by atoms with Crippen LogP contribution in [0, 0.1) is 0 Å². The molecule has 0 aliphatic rings. The standard InChI is InChI=1S/C23H24N4/c24-20-12-16-26(22-10-4-2-8-18(20)22)14-6-1-7-15-27-17-13-21(25)19-9-3-5-11-23(19)27/h2-5,8-13,16-17,24-25H,1,6-7,14-15H2/p+2. The molecule has 0 spiro atoms. The Balaban J connectivity index is 1.38. The van der Waals surface area contributed by atoms with Gasteiger partial charge in [0.2, 0.25) is 11.0 Å². The number of anilines is 2. The normalized spacial score (nSPS) is 11.3. The summed E-state index contributed by atoms with van der Waals surface area (Å²) in [5, 5.41) is 2.26. The highest BCUT2D eigenvalue weighted by atomic mass is 15.0. The first-order chi connectivity index (χ1) is 13.2. The molecule has 4 rings (SSSR count). The summed E-state index contributed by atoms with van der Waals surface area (Å²) in [6.07, 6.45) is 7.66. The van der Waals surface area contributed by atoms with Crippen molar-refractivity contribution in [2.75, 3.05) is 11.5 Å². The summed E-state index contributed by atoms with van der Waals surface area (Å²) < 4.78 is 4.61. The maximum atomic E-state index is 6.10. The fourth-order valence-electron chi connectivity index (χ4n) is 3.75. The maximum absolute atomic E-state index is 6.10. The van der Waals surface area contributed by atoms with Gasteiger partial charge in [-0.3, -0.25) is 0 Å². The van der Waals surface area contributed by atoms with E-state index in [4.69, 9.17) is 11.5 Å². The van der Waals surface area contributed by atoms with E-state index >= 15 is 0 Å². The van der Waals surface area contributed by atoms with E-state index in [0.717, 1.165) is 48.1 Å². The molecule has 0 unspecified atom stereocenters. The van der Waals surface area contributed by atoms with Crippen LogP contribution in [0.25, 0.3) is 21.8 Å². The number of aryl methyl sites for hydroxylation is 2. The molecule has 2 heterocycles. The van der Waals surface area contributed by atoms with E-state index in [1.54, 1.807) is 0 Å². The molecule has 4 nitrogen and oxygen atoms in total. The summed E-state index contributed by atoms with van der Waals surface area (Å²) in [7, 11) is 0. The summed E-state index contributed by atoms with van der Waals surface area (Å²) in [6.45, 7) is 2.02. The molecule has 0 aliphatic heterocycles. The Morgan fingerprint density at radius 2 is 1.00 bits per heavy atom. The number of nitrogens with two attached hydrogens (primary N) is 2. The van der Waals surface area contributed by atoms with E-state index < -0.39 is 0 Å². The van der Waals surface area contributed by atoms with Crippen molar-refractivity contribution in [2.45, 2.75) is 32.4 Å². The van der Waals surface area contributed by atoms with Gasteiger partial charge >= 0.3 is 0 Å². The number of fused-ring (bicyclic) bond motifs is 2. The van der Waals surface area contributed by atoms with E-state index in [1.165, 1.54) is 17.5 Å². The van der Waals surface area contributed by atoms with Gasteiger partial charge < -0.3 is 11.5 Å². The van der Waals surface area contributed by atoms with Gasteiger partial charge in [-0.1, -0.05) is 24.3 Å². The molecule has 0 fully saturated rings. The first kappa shape index (κ1) is 17.3. The zero-order valence-electron chi connectivity index (χ0n) is 15.5. The highest BCUT2D eigenvalue weighted by Crippen LogP contribution is 2.18. The van der Waals surface area contributed by atoms with Gasteiger partial charge in [0.15, 0.2) is 12.4 Å². The zero-order chi connectivity index (χ0) is 18.6. The topological polar surface area (TPSA) is 59.8 Å². The first-order valence-electron chi connectivity index (χ1n) is 9.57. The minimum Gasteiger partial charge on any atom is -0.398 e. The van der Waals surface area contributed by atoms with Crippen LogP contribution >= 0.6 is 0 Å². The summed E-state index contributed by atoms with van der Waals surface area (Å²) in [4.78, 5) is 0. The molecule has 136 valence electrons. The predicted molar refractivity (Wildman–Crippen MR) is 111 cm³/mol. The average molecular weight is 358 g/mol. The fraction of sp³-hybridized carbons (Fsp3) is 0.217. The Hall–Kier alpha value is -3.14. The van der Waals surface area contributed by atoms with Crippen molar-refractivity contribution in [1.29, 1.82) is 0 Å². The molecule has 4 heteroatoms. The molecule has 27 heavy (non-hydrogen) atoms. The van der Waals surface area contributed by atoms with E-state index in [0.29, 0.717) is 0 Å². The third-order valence-electron chi connectivity index (χ3n) is 5.22. The van der Waals surface area contributed by atoms with Crippen LogP contribution in [-0.4, -0.2) is 0 Å². The molecular weight excluding hydrogens is 332 g/mol. The SMILES string of the molecule is Nc1cc[n+](CCCCC[n+]2ccc(N)c3ccccc32)c2ccccc12. The molecule has 0 saturated carbocycles. The lowest BCUT2D eigenvalue weighted by Gasteiger charge is -2.05. The zero-order valence-corrected chi connectivity index (χ0v) is 15.5. The van der Waals surface area contributed by atoms with Crippen LogP contribution < -0.4 is 20.6 Å². The Kier molecular flexibility index (Phi) is 4.88. The largest absolute Gasteiger partial charge is 0.398 e. The van der Waals surface area contributed by atoms with Gasteiger partial charge in [-0.15, -0.1) is 0 Å². The molecule has 0 bridgehead atoms. The van der Waals surface area contributed by atoms with Crippen LogP contribution in [-0.2, 0) is 13.1 Å². The summed E-state index contributed by atoms with van der Waals surface area (Å²) >= 11 is 0. The van der Waals surface area contributed by atoms with Gasteiger partial charge in [0.05, 0.1) is 22.1 Å². The van der Waals surface area contributed by atoms with Crippen molar-refractivity contribution in [3.8, 4) is 0 Å². The van der Waals surface area contributed by atoms with Crippen LogP contribution in [0.2, 0.25) is 0 Å². The van der Waals surface area contributed by atoms with Gasteiger partial charge in [0.25, 0.3) is 0 Å². The predicted octanol–water partition coefficient (Wildman–Crippen LogP) is 3.60. The first-order valence-corrected chi connectivity index (χ1v) is 9.57. The molecule has 2 aromatic heterocycles. The number of para-hydroxylation sites is 2. The van der Waals surface area contributed by atoms with Crippen molar-refractivity contribution in [2.24, 2.45) is 0 Å². The van der Waals surface area contributed by atoms with Gasteiger partial charge in [0, 0.05) is 37.1 Å². The Bertz CT molecular complexity index is 1000. The molecular formula is C23H26N4+2. The number of hydrogen-bond donors (Lipinski definition) is 2. The van der Waals surface area contributed by atoms with E-state index in [-0.39, 0.29) is 0 Å². The highest BCUT2D eigenvalue weighted by molar-refractivity contribution is 5.88. The smallest absolute Gasteiger partial charge is 0.214 e.